The van der Waals surface area contributed by atoms with Crippen molar-refractivity contribution in [3.63, 3.8) is 0 Å². The van der Waals surface area contributed by atoms with E-state index in [1.165, 1.54) is 6.07 Å². The molecule has 0 saturated heterocycles. The predicted molar refractivity (Wildman–Crippen MR) is 137 cm³/mol. The molecule has 0 aliphatic carbocycles. The lowest BCUT2D eigenvalue weighted by Gasteiger charge is -2.14. The van der Waals surface area contributed by atoms with E-state index in [0.717, 1.165) is 16.6 Å². The summed E-state index contributed by atoms with van der Waals surface area (Å²) in [5.74, 6) is 1.08. The topological polar surface area (TPSA) is 79.8 Å². The van der Waals surface area contributed by atoms with Gasteiger partial charge in [0.1, 0.15) is 28.2 Å². The third kappa shape index (κ3) is 4.86. The Hall–Kier alpha value is -3.63. The Balaban J connectivity index is 1.15. The molecule has 0 bridgehead atoms. The zero-order chi connectivity index (χ0) is 25.2. The number of aromatic nitrogens is 2. The van der Waals surface area contributed by atoms with Gasteiger partial charge in [-0.05, 0) is 55.0 Å². The predicted octanol–water partition coefficient (Wildman–Crippen LogP) is 6.29. The van der Waals surface area contributed by atoms with Gasteiger partial charge in [0.25, 0.3) is 0 Å². The van der Waals surface area contributed by atoms with Crippen LogP contribution in [0.3, 0.4) is 0 Å². The Bertz CT molecular complexity index is 1650. The summed E-state index contributed by atoms with van der Waals surface area (Å²) in [5, 5.41) is 0. The summed E-state index contributed by atoms with van der Waals surface area (Å²) < 4.78 is 44.2. The number of hydrogen-bond acceptors (Lipinski definition) is 7. The van der Waals surface area contributed by atoms with Gasteiger partial charge in [-0.25, -0.2) is 14.4 Å². The molecule has 0 N–H and O–H groups in total. The molecule has 7 nitrogen and oxygen atoms in total. The maximum atomic E-state index is 14.9. The van der Waals surface area contributed by atoms with Gasteiger partial charge in [0, 0.05) is 0 Å². The van der Waals surface area contributed by atoms with E-state index in [0.29, 0.717) is 34.1 Å². The van der Waals surface area contributed by atoms with Crippen LogP contribution >= 0.6 is 0 Å². The van der Waals surface area contributed by atoms with E-state index in [-0.39, 0.29) is 11.5 Å². The van der Waals surface area contributed by atoms with Crippen LogP contribution < -0.4 is 7.58 Å². The van der Waals surface area contributed by atoms with Gasteiger partial charge in [-0.1, -0.05) is 42.5 Å². The molecule has 0 aliphatic heterocycles. The second-order valence-electron chi connectivity index (χ2n) is 8.10. The number of para-hydroxylation sites is 5. The fourth-order valence-corrected chi connectivity index (χ4v) is 5.24. The van der Waals surface area contributed by atoms with E-state index >= 15 is 0 Å². The highest BCUT2D eigenvalue weighted by Crippen LogP contribution is 2.36. The number of aryl methyl sites for hydroxylation is 1. The van der Waals surface area contributed by atoms with Crippen molar-refractivity contribution in [2.75, 3.05) is 0 Å². The van der Waals surface area contributed by atoms with E-state index in [9.17, 15) is 4.39 Å². The van der Waals surface area contributed by atoms with Crippen LogP contribution in [-0.4, -0.2) is 41.7 Å². The second kappa shape index (κ2) is 10.4. The molecule has 2 aromatic heterocycles. The van der Waals surface area contributed by atoms with Crippen LogP contribution in [0.5, 0.6) is 11.5 Å². The lowest BCUT2D eigenvalue weighted by Crippen LogP contribution is -2.17. The van der Waals surface area contributed by atoms with E-state index in [1.54, 1.807) is 12.1 Å². The van der Waals surface area contributed by atoms with E-state index < -0.39 is 37.6 Å². The Morgan fingerprint density at radius 1 is 0.703 bits per heavy atom. The number of halogens is 1. The number of hydrogen-bond donors (Lipinski definition) is 0. The molecule has 0 aliphatic rings. The summed E-state index contributed by atoms with van der Waals surface area (Å²) in [4.78, 5) is 8.98. The summed E-state index contributed by atoms with van der Waals surface area (Å²) in [6, 6.07) is 25.3. The van der Waals surface area contributed by atoms with Crippen molar-refractivity contribution < 1.29 is 23.6 Å². The molecule has 0 fully saturated rings. The van der Waals surface area contributed by atoms with Crippen LogP contribution in [0.4, 0.5) is 4.39 Å². The van der Waals surface area contributed by atoms with Crippen molar-refractivity contribution in [1.29, 1.82) is 0 Å². The summed E-state index contributed by atoms with van der Waals surface area (Å²) in [5.41, 5.74) is 4.33. The Morgan fingerprint density at radius 2 is 1.32 bits per heavy atom. The summed E-state index contributed by atoms with van der Waals surface area (Å²) in [7, 11) is 0. The molecule has 2 heterocycles. The molecule has 0 unspecified atom stereocenters. The first-order chi connectivity index (χ1) is 18.2. The molecule has 178 valence electrons. The number of benzene rings is 4. The zero-order valence-corrected chi connectivity index (χ0v) is 21.9. The van der Waals surface area contributed by atoms with Gasteiger partial charge in [-0.3, -0.25) is 0 Å². The minimum absolute atomic E-state index is 0.160. The molecule has 4 aromatic carbocycles. The smallest absolute Gasteiger partial charge is 0.627 e. The van der Waals surface area contributed by atoms with Crippen molar-refractivity contribution in [2.24, 2.45) is 0 Å². The number of rotatable bonds is 8. The molecular weight excluding hydrogens is 505 g/mol. The van der Waals surface area contributed by atoms with Crippen molar-refractivity contribution in [3.05, 3.63) is 96.3 Å². The third-order valence-corrected chi connectivity index (χ3v) is 7.25. The molecule has 0 amide bonds. The second-order valence-corrected chi connectivity index (χ2v) is 10.0. The summed E-state index contributed by atoms with van der Waals surface area (Å²) >= 11 is -1.90. The maximum absolute atomic E-state index is 14.9. The molecule has 0 spiro atoms. The van der Waals surface area contributed by atoms with Crippen LogP contribution in [-0.2, 0) is 2.84 Å². The maximum Gasteiger partial charge on any atom is 0.743 e. The first-order valence-corrected chi connectivity index (χ1v) is 13.3. The van der Waals surface area contributed by atoms with Crippen molar-refractivity contribution in [1.82, 2.24) is 9.97 Å². The monoisotopic (exact) mass is 522 g/mol. The molecule has 10 heteroatoms. The van der Waals surface area contributed by atoms with Gasteiger partial charge < -0.3 is 19.3 Å². The van der Waals surface area contributed by atoms with E-state index in [4.69, 9.17) is 19.3 Å². The highest BCUT2D eigenvalue weighted by atomic mass is 27.3. The fourth-order valence-electron chi connectivity index (χ4n) is 3.90. The first-order valence-electron chi connectivity index (χ1n) is 11.4. The average Bonchev–Trinajstić information content (AvgIpc) is 3.55. The average molecular weight is 522 g/mol. The molecule has 0 saturated carbocycles. The van der Waals surface area contributed by atoms with Gasteiger partial charge in [-0.2, -0.15) is 0 Å². The molecular formula is C27H17Al2FN2O5. The van der Waals surface area contributed by atoms with Gasteiger partial charge in [-0.15, -0.1) is 0 Å². The molecule has 0 atom stereocenters. The number of oxazole rings is 2. The van der Waals surface area contributed by atoms with Gasteiger partial charge in [0.2, 0.25) is 11.8 Å². The lowest BCUT2D eigenvalue weighted by atomic mass is 10.1. The van der Waals surface area contributed by atoms with Crippen LogP contribution in [0.25, 0.3) is 45.1 Å². The van der Waals surface area contributed by atoms with E-state index in [1.807, 2.05) is 73.7 Å². The molecule has 37 heavy (non-hydrogen) atoms. The molecule has 6 rings (SSSR count). The van der Waals surface area contributed by atoms with Gasteiger partial charge >= 0.3 is 31.8 Å². The highest BCUT2D eigenvalue weighted by Gasteiger charge is 2.22. The minimum atomic E-state index is -0.988. The van der Waals surface area contributed by atoms with Crippen LogP contribution in [0.2, 0.25) is 0 Å². The van der Waals surface area contributed by atoms with Gasteiger partial charge in [0.05, 0.1) is 11.3 Å². The van der Waals surface area contributed by atoms with Gasteiger partial charge in [0.15, 0.2) is 11.2 Å². The van der Waals surface area contributed by atoms with Crippen molar-refractivity contribution >= 4 is 54.0 Å². The van der Waals surface area contributed by atoms with Crippen LogP contribution in [0.1, 0.15) is 5.56 Å². The zero-order valence-electron chi connectivity index (χ0n) is 19.6. The fraction of sp³-hybridized carbons (Fsp3) is 0.0370. The number of nitrogens with zero attached hydrogens (tertiary/aromatic N) is 2. The SMILES string of the molecule is Cc1ccc(F)c(-c2nc3ccccc3o2)c1[O][Al][O][Al][O]c1ccccc1-c1nc2ccccc2o1. The quantitative estimate of drug-likeness (QED) is 0.172. The molecule has 6 aromatic rings. The normalized spacial score (nSPS) is 11.1. The summed E-state index contributed by atoms with van der Waals surface area (Å²) in [6.45, 7) is 1.83. The largest absolute Gasteiger partial charge is 0.743 e. The van der Waals surface area contributed by atoms with Crippen molar-refractivity contribution in [3.8, 4) is 34.4 Å². The minimum Gasteiger partial charge on any atom is -0.627 e. The number of fused-ring (bicyclic) bond motifs is 2. The standard InChI is InChI=1S/C14H10FNO2.C13H9NO2.2Al.O/c1-8-6-7-9(15)12(13(8)17)14-16-10-4-2-3-5-11(10)18-14;15-11-7-3-1-5-9(11)13-14-10-6-2-4-8-12(10)16-13;;;/h2-7,17H,1H3;1-8,15H;;;/q;;2*+1;/p-2. The molecule has 2 radical (unpaired) electrons. The van der Waals surface area contributed by atoms with Crippen LogP contribution in [0.15, 0.2) is 93.8 Å². The first kappa shape index (κ1) is 23.8. The van der Waals surface area contributed by atoms with Crippen LogP contribution in [0, 0.1) is 12.7 Å². The lowest BCUT2D eigenvalue weighted by molar-refractivity contribution is 0.415. The van der Waals surface area contributed by atoms with Crippen molar-refractivity contribution in [2.45, 2.75) is 6.92 Å². The Morgan fingerprint density at radius 3 is 2.08 bits per heavy atom. The Labute approximate surface area is 224 Å². The highest BCUT2D eigenvalue weighted by molar-refractivity contribution is 6.35. The summed E-state index contributed by atoms with van der Waals surface area (Å²) in [6.07, 6.45) is 0. The Kier molecular flexibility index (Phi) is 6.67. The third-order valence-electron chi connectivity index (χ3n) is 5.67. The van der Waals surface area contributed by atoms with E-state index in [2.05, 4.69) is 9.97 Å².